The van der Waals surface area contributed by atoms with Gasteiger partial charge in [-0.3, -0.25) is 0 Å². The summed E-state index contributed by atoms with van der Waals surface area (Å²) >= 11 is 1.68. The van der Waals surface area contributed by atoms with E-state index in [1.54, 1.807) is 11.3 Å². The summed E-state index contributed by atoms with van der Waals surface area (Å²) in [6.45, 7) is 0.941. The fourth-order valence-electron chi connectivity index (χ4n) is 2.28. The maximum absolute atomic E-state index is 12.6. The lowest BCUT2D eigenvalue weighted by atomic mass is 10.1. The van der Waals surface area contributed by atoms with Crippen LogP contribution in [-0.4, -0.2) is 19.3 Å². The minimum Gasteiger partial charge on any atom is -0.207 e. The van der Waals surface area contributed by atoms with Crippen LogP contribution in [0.5, 0.6) is 0 Å². The second kappa shape index (κ2) is 5.02. The third-order valence-electron chi connectivity index (χ3n) is 3.39. The molecular formula is C14H12N2O2S2. The van der Waals surface area contributed by atoms with E-state index in [2.05, 4.69) is 0 Å². The minimum absolute atomic E-state index is 0.246. The number of nitriles is 1. The van der Waals surface area contributed by atoms with Crippen LogP contribution in [0.15, 0.2) is 40.6 Å². The minimum atomic E-state index is -3.48. The molecule has 6 heteroatoms. The van der Waals surface area contributed by atoms with E-state index < -0.39 is 10.0 Å². The second-order valence-corrected chi connectivity index (χ2v) is 7.53. The molecule has 0 fully saturated rings. The molecule has 1 aliphatic rings. The van der Waals surface area contributed by atoms with Crippen molar-refractivity contribution in [1.82, 2.24) is 4.31 Å². The molecule has 1 aromatic heterocycles. The molecule has 2 aromatic rings. The maximum atomic E-state index is 12.6. The van der Waals surface area contributed by atoms with Crippen LogP contribution in [0, 0.1) is 11.3 Å². The van der Waals surface area contributed by atoms with Gasteiger partial charge in [-0.2, -0.15) is 9.57 Å². The largest absolute Gasteiger partial charge is 0.243 e. The van der Waals surface area contributed by atoms with Gasteiger partial charge >= 0.3 is 0 Å². The predicted octanol–water partition coefficient (Wildman–Crippen LogP) is 2.37. The highest BCUT2D eigenvalue weighted by Crippen LogP contribution is 2.28. The Morgan fingerprint density at radius 2 is 1.95 bits per heavy atom. The van der Waals surface area contributed by atoms with Crippen LogP contribution in [0.25, 0.3) is 0 Å². The Kier molecular flexibility index (Phi) is 3.34. The van der Waals surface area contributed by atoms with Crippen LogP contribution in [0.3, 0.4) is 0 Å². The molecule has 0 atom stereocenters. The number of sulfonamides is 1. The van der Waals surface area contributed by atoms with E-state index in [-0.39, 0.29) is 4.90 Å². The zero-order chi connectivity index (χ0) is 14.2. The Morgan fingerprint density at radius 1 is 1.20 bits per heavy atom. The number of thiophene rings is 1. The van der Waals surface area contributed by atoms with Gasteiger partial charge in [0.1, 0.15) is 0 Å². The molecule has 0 amide bonds. The van der Waals surface area contributed by atoms with Gasteiger partial charge in [-0.25, -0.2) is 8.42 Å². The van der Waals surface area contributed by atoms with Crippen molar-refractivity contribution in [3.63, 3.8) is 0 Å². The van der Waals surface area contributed by atoms with Crippen LogP contribution in [0.1, 0.15) is 16.0 Å². The predicted molar refractivity (Wildman–Crippen MR) is 76.8 cm³/mol. The molecule has 0 bridgehead atoms. The first-order valence-corrected chi connectivity index (χ1v) is 8.49. The van der Waals surface area contributed by atoms with Gasteiger partial charge in [0, 0.05) is 18.0 Å². The molecule has 4 nitrogen and oxygen atoms in total. The molecule has 0 unspecified atom stereocenters. The van der Waals surface area contributed by atoms with E-state index in [0.29, 0.717) is 18.7 Å². The first kappa shape index (κ1) is 13.3. The summed E-state index contributed by atoms with van der Waals surface area (Å²) in [5.41, 5.74) is 1.56. The Bertz CT molecular complexity index is 770. The van der Waals surface area contributed by atoms with E-state index in [4.69, 9.17) is 5.26 Å². The fourth-order valence-corrected chi connectivity index (χ4v) is 4.59. The molecule has 1 aliphatic heterocycles. The summed E-state index contributed by atoms with van der Waals surface area (Å²) in [5, 5.41) is 10.8. The van der Waals surface area contributed by atoms with Crippen molar-refractivity contribution in [2.75, 3.05) is 6.54 Å². The number of nitrogens with zero attached hydrogens (tertiary/aromatic N) is 2. The lowest BCUT2D eigenvalue weighted by molar-refractivity contribution is 0.394. The van der Waals surface area contributed by atoms with Gasteiger partial charge in [-0.05, 0) is 47.7 Å². The lowest BCUT2D eigenvalue weighted by Gasteiger charge is -2.26. The van der Waals surface area contributed by atoms with Gasteiger partial charge in [-0.15, -0.1) is 11.3 Å². The van der Waals surface area contributed by atoms with Gasteiger partial charge in [-0.1, -0.05) is 0 Å². The molecule has 1 aromatic carbocycles. The number of hydrogen-bond acceptors (Lipinski definition) is 4. The van der Waals surface area contributed by atoms with Crippen LogP contribution in [-0.2, 0) is 23.0 Å². The van der Waals surface area contributed by atoms with Crippen LogP contribution >= 0.6 is 11.3 Å². The molecule has 102 valence electrons. The van der Waals surface area contributed by atoms with Crippen LogP contribution in [0.2, 0.25) is 0 Å². The SMILES string of the molecule is N#Cc1ccc(S(=O)(=O)N2CCc3sccc3C2)cc1. The Morgan fingerprint density at radius 3 is 2.65 bits per heavy atom. The Labute approximate surface area is 121 Å². The molecule has 0 aliphatic carbocycles. The maximum Gasteiger partial charge on any atom is 0.243 e. The third-order valence-corrected chi connectivity index (χ3v) is 6.28. The summed E-state index contributed by atoms with van der Waals surface area (Å²) < 4.78 is 26.6. The van der Waals surface area contributed by atoms with E-state index >= 15 is 0 Å². The fraction of sp³-hybridized carbons (Fsp3) is 0.214. The van der Waals surface area contributed by atoms with Gasteiger partial charge in [0.25, 0.3) is 0 Å². The monoisotopic (exact) mass is 304 g/mol. The average Bonchev–Trinajstić information content (AvgIpc) is 2.94. The topological polar surface area (TPSA) is 61.2 Å². The summed E-state index contributed by atoms with van der Waals surface area (Å²) in [6, 6.07) is 10.0. The van der Waals surface area contributed by atoms with E-state index in [1.165, 1.54) is 33.4 Å². The zero-order valence-corrected chi connectivity index (χ0v) is 12.2. The molecule has 0 N–H and O–H groups in total. The summed E-state index contributed by atoms with van der Waals surface area (Å²) in [7, 11) is -3.48. The molecule has 2 heterocycles. The summed E-state index contributed by atoms with van der Waals surface area (Å²) in [5.74, 6) is 0. The average molecular weight is 304 g/mol. The number of hydrogen-bond donors (Lipinski definition) is 0. The Hall–Kier alpha value is -1.68. The zero-order valence-electron chi connectivity index (χ0n) is 10.6. The van der Waals surface area contributed by atoms with Crippen molar-refractivity contribution in [3.05, 3.63) is 51.7 Å². The molecule has 0 radical (unpaired) electrons. The summed E-state index contributed by atoms with van der Waals surface area (Å²) in [6.07, 6.45) is 0.766. The van der Waals surface area contributed by atoms with E-state index in [1.807, 2.05) is 17.5 Å². The first-order chi connectivity index (χ1) is 9.61. The molecular weight excluding hydrogens is 292 g/mol. The molecule has 3 rings (SSSR count). The number of fused-ring (bicyclic) bond motifs is 1. The van der Waals surface area contributed by atoms with Crippen molar-refractivity contribution in [2.45, 2.75) is 17.9 Å². The molecule has 0 saturated carbocycles. The number of benzene rings is 1. The Balaban J connectivity index is 1.91. The molecule has 0 saturated heterocycles. The number of rotatable bonds is 2. The van der Waals surface area contributed by atoms with Gasteiger partial charge in [0.05, 0.1) is 16.5 Å². The van der Waals surface area contributed by atoms with Crippen LogP contribution in [0.4, 0.5) is 0 Å². The summed E-state index contributed by atoms with van der Waals surface area (Å²) in [4.78, 5) is 1.52. The smallest absolute Gasteiger partial charge is 0.207 e. The van der Waals surface area contributed by atoms with Gasteiger partial charge in [0.15, 0.2) is 0 Å². The van der Waals surface area contributed by atoms with Crippen molar-refractivity contribution < 1.29 is 8.42 Å². The highest BCUT2D eigenvalue weighted by atomic mass is 32.2. The first-order valence-electron chi connectivity index (χ1n) is 6.17. The van der Waals surface area contributed by atoms with E-state index in [0.717, 1.165) is 12.0 Å². The standard InChI is InChI=1S/C14H12N2O2S2/c15-9-11-1-3-13(4-2-11)20(17,18)16-7-5-14-12(10-16)6-8-19-14/h1-4,6,8H,5,7,10H2. The van der Waals surface area contributed by atoms with Crippen molar-refractivity contribution in [2.24, 2.45) is 0 Å². The molecule has 20 heavy (non-hydrogen) atoms. The normalized spacial score (nSPS) is 15.6. The van der Waals surface area contributed by atoms with Crippen molar-refractivity contribution in [1.29, 1.82) is 5.26 Å². The van der Waals surface area contributed by atoms with Crippen molar-refractivity contribution in [3.8, 4) is 6.07 Å². The third kappa shape index (κ3) is 2.24. The highest BCUT2D eigenvalue weighted by molar-refractivity contribution is 7.89. The molecule has 0 spiro atoms. The van der Waals surface area contributed by atoms with Crippen molar-refractivity contribution >= 4 is 21.4 Å². The van der Waals surface area contributed by atoms with Gasteiger partial charge < -0.3 is 0 Å². The lowest BCUT2D eigenvalue weighted by Crippen LogP contribution is -2.35. The van der Waals surface area contributed by atoms with Gasteiger partial charge in [0.2, 0.25) is 10.0 Å². The highest BCUT2D eigenvalue weighted by Gasteiger charge is 2.28. The van der Waals surface area contributed by atoms with E-state index in [9.17, 15) is 8.42 Å². The quantitative estimate of drug-likeness (QED) is 0.855. The second-order valence-electron chi connectivity index (χ2n) is 4.59. The van der Waals surface area contributed by atoms with Crippen LogP contribution < -0.4 is 0 Å².